The summed E-state index contributed by atoms with van der Waals surface area (Å²) in [6.45, 7) is 0. The molecule has 0 saturated carbocycles. The van der Waals surface area contributed by atoms with E-state index in [2.05, 4.69) is 48.5 Å². The zero-order valence-electron chi connectivity index (χ0n) is 13.7. The molecule has 0 unspecified atom stereocenters. The van der Waals surface area contributed by atoms with Crippen LogP contribution in [0, 0.1) is 0 Å². The normalized spacial score (nSPS) is 10.6. The van der Waals surface area contributed by atoms with Crippen molar-refractivity contribution in [2.24, 2.45) is 0 Å². The van der Waals surface area contributed by atoms with Crippen molar-refractivity contribution >= 4 is 5.97 Å². The van der Waals surface area contributed by atoms with E-state index in [-0.39, 0.29) is 0 Å². The topological polar surface area (TPSA) is 37.3 Å². The molecule has 122 valence electrons. The molecule has 0 saturated heterocycles. The first kappa shape index (κ1) is 17.3. The van der Waals surface area contributed by atoms with Crippen LogP contribution in [-0.2, 0) is 11.2 Å². The lowest BCUT2D eigenvalue weighted by Gasteiger charge is -2.05. The molecule has 0 heterocycles. The number of aryl methyl sites for hydroxylation is 1. The summed E-state index contributed by atoms with van der Waals surface area (Å²) in [5, 5.41) is 8.57. The smallest absolute Gasteiger partial charge is 0.303 e. The SMILES string of the molecule is O=C(O)CCCCCCCCc1ccc(-c2ccccc2)cc1. The predicted octanol–water partition coefficient (Wildman–Crippen LogP) is 5.71. The second kappa shape index (κ2) is 9.83. The minimum absolute atomic E-state index is 0.313. The van der Waals surface area contributed by atoms with Gasteiger partial charge in [-0.3, -0.25) is 4.79 Å². The zero-order chi connectivity index (χ0) is 16.3. The lowest BCUT2D eigenvalue weighted by atomic mass is 10.0. The second-order valence-corrected chi connectivity index (χ2v) is 6.08. The highest BCUT2D eigenvalue weighted by Crippen LogP contribution is 2.20. The summed E-state index contributed by atoms with van der Waals surface area (Å²) in [5.41, 5.74) is 3.93. The molecule has 2 nitrogen and oxygen atoms in total. The third kappa shape index (κ3) is 6.68. The average Bonchev–Trinajstić information content (AvgIpc) is 2.58. The Morgan fingerprint density at radius 3 is 1.91 bits per heavy atom. The number of hydrogen-bond acceptors (Lipinski definition) is 1. The fourth-order valence-corrected chi connectivity index (χ4v) is 2.81. The van der Waals surface area contributed by atoms with E-state index >= 15 is 0 Å². The number of unbranched alkanes of at least 4 members (excludes halogenated alkanes) is 5. The number of benzene rings is 2. The Bertz CT molecular complexity index is 573. The van der Waals surface area contributed by atoms with E-state index in [0.717, 1.165) is 25.7 Å². The van der Waals surface area contributed by atoms with Gasteiger partial charge in [0.15, 0.2) is 0 Å². The number of aliphatic carboxylic acids is 1. The van der Waals surface area contributed by atoms with E-state index in [9.17, 15) is 4.79 Å². The molecule has 2 rings (SSSR count). The van der Waals surface area contributed by atoms with Gasteiger partial charge in [-0.25, -0.2) is 0 Å². The zero-order valence-corrected chi connectivity index (χ0v) is 13.7. The molecule has 0 atom stereocenters. The van der Waals surface area contributed by atoms with E-state index < -0.39 is 5.97 Å². The van der Waals surface area contributed by atoms with E-state index in [1.807, 2.05) is 6.07 Å². The number of carboxylic acids is 1. The molecule has 23 heavy (non-hydrogen) atoms. The number of carbonyl (C=O) groups is 1. The van der Waals surface area contributed by atoms with Gasteiger partial charge in [0.05, 0.1) is 0 Å². The summed E-state index contributed by atoms with van der Waals surface area (Å²) < 4.78 is 0. The van der Waals surface area contributed by atoms with Crippen molar-refractivity contribution in [1.29, 1.82) is 0 Å². The molecule has 0 aliphatic rings. The summed E-state index contributed by atoms with van der Waals surface area (Å²) in [6.07, 6.45) is 8.10. The quantitative estimate of drug-likeness (QED) is 0.570. The van der Waals surface area contributed by atoms with Crippen molar-refractivity contribution < 1.29 is 9.90 Å². The molecule has 0 bridgehead atoms. The van der Waals surface area contributed by atoms with Crippen LogP contribution in [0.4, 0.5) is 0 Å². The Balaban J connectivity index is 1.62. The maximum absolute atomic E-state index is 10.4. The molecule has 2 heteroatoms. The van der Waals surface area contributed by atoms with Gasteiger partial charge in [-0.2, -0.15) is 0 Å². The van der Waals surface area contributed by atoms with Crippen LogP contribution >= 0.6 is 0 Å². The minimum atomic E-state index is -0.677. The molecule has 0 amide bonds. The summed E-state index contributed by atoms with van der Waals surface area (Å²) in [4.78, 5) is 10.4. The van der Waals surface area contributed by atoms with Crippen LogP contribution in [0.1, 0.15) is 50.5 Å². The molecule has 0 radical (unpaired) electrons. The van der Waals surface area contributed by atoms with Gasteiger partial charge in [-0.15, -0.1) is 0 Å². The summed E-state index contributed by atoms with van der Waals surface area (Å²) >= 11 is 0. The summed E-state index contributed by atoms with van der Waals surface area (Å²) in [7, 11) is 0. The van der Waals surface area contributed by atoms with Crippen molar-refractivity contribution in [2.75, 3.05) is 0 Å². The largest absolute Gasteiger partial charge is 0.481 e. The fraction of sp³-hybridized carbons (Fsp3) is 0.381. The van der Waals surface area contributed by atoms with Crippen molar-refractivity contribution in [3.05, 3.63) is 60.2 Å². The highest BCUT2D eigenvalue weighted by molar-refractivity contribution is 5.66. The average molecular weight is 310 g/mol. The molecule has 0 aromatic heterocycles. The molecular weight excluding hydrogens is 284 g/mol. The summed E-state index contributed by atoms with van der Waals surface area (Å²) in [6, 6.07) is 19.3. The lowest BCUT2D eigenvalue weighted by molar-refractivity contribution is -0.137. The maximum atomic E-state index is 10.4. The molecule has 0 spiro atoms. The summed E-state index contributed by atoms with van der Waals surface area (Å²) in [5.74, 6) is -0.677. The van der Waals surface area contributed by atoms with Crippen LogP contribution in [0.15, 0.2) is 54.6 Å². The molecule has 2 aromatic carbocycles. The first-order chi connectivity index (χ1) is 11.3. The van der Waals surface area contributed by atoms with Crippen LogP contribution < -0.4 is 0 Å². The Morgan fingerprint density at radius 2 is 1.26 bits per heavy atom. The van der Waals surface area contributed by atoms with Crippen molar-refractivity contribution in [3.8, 4) is 11.1 Å². The molecule has 2 aromatic rings. The molecular formula is C21H26O2. The predicted molar refractivity (Wildman–Crippen MR) is 95.5 cm³/mol. The third-order valence-corrected chi connectivity index (χ3v) is 4.17. The van der Waals surface area contributed by atoms with E-state index in [1.54, 1.807) is 0 Å². The van der Waals surface area contributed by atoms with Gasteiger partial charge in [0, 0.05) is 6.42 Å². The number of rotatable bonds is 10. The lowest BCUT2D eigenvalue weighted by Crippen LogP contribution is -1.93. The van der Waals surface area contributed by atoms with Gasteiger partial charge in [-0.1, -0.05) is 80.3 Å². The molecule has 0 aliphatic carbocycles. The Kier molecular flexibility index (Phi) is 7.38. The van der Waals surface area contributed by atoms with Gasteiger partial charge in [0.1, 0.15) is 0 Å². The maximum Gasteiger partial charge on any atom is 0.303 e. The minimum Gasteiger partial charge on any atom is -0.481 e. The van der Waals surface area contributed by atoms with Crippen molar-refractivity contribution in [3.63, 3.8) is 0 Å². The van der Waals surface area contributed by atoms with Crippen LogP contribution in [0.25, 0.3) is 11.1 Å². The number of hydrogen-bond donors (Lipinski definition) is 1. The van der Waals surface area contributed by atoms with Crippen LogP contribution in [-0.4, -0.2) is 11.1 Å². The van der Waals surface area contributed by atoms with Gasteiger partial charge in [-0.05, 0) is 36.0 Å². The first-order valence-corrected chi connectivity index (χ1v) is 8.62. The second-order valence-electron chi connectivity index (χ2n) is 6.08. The van der Waals surface area contributed by atoms with Crippen molar-refractivity contribution in [1.82, 2.24) is 0 Å². The Morgan fingerprint density at radius 1 is 0.696 bits per heavy atom. The van der Waals surface area contributed by atoms with E-state index in [4.69, 9.17) is 5.11 Å². The van der Waals surface area contributed by atoms with Gasteiger partial charge in [0.25, 0.3) is 0 Å². The third-order valence-electron chi connectivity index (χ3n) is 4.17. The van der Waals surface area contributed by atoms with Crippen LogP contribution in [0.2, 0.25) is 0 Å². The van der Waals surface area contributed by atoms with Gasteiger partial charge in [0.2, 0.25) is 0 Å². The van der Waals surface area contributed by atoms with Gasteiger partial charge >= 0.3 is 5.97 Å². The van der Waals surface area contributed by atoms with E-state index in [0.29, 0.717) is 6.42 Å². The monoisotopic (exact) mass is 310 g/mol. The Hall–Kier alpha value is -2.09. The van der Waals surface area contributed by atoms with Crippen LogP contribution in [0.5, 0.6) is 0 Å². The highest BCUT2D eigenvalue weighted by Gasteiger charge is 1.99. The Labute approximate surface area is 139 Å². The van der Waals surface area contributed by atoms with Crippen LogP contribution in [0.3, 0.4) is 0 Å². The fourth-order valence-electron chi connectivity index (χ4n) is 2.81. The molecule has 0 aliphatic heterocycles. The van der Waals surface area contributed by atoms with Crippen molar-refractivity contribution in [2.45, 2.75) is 51.4 Å². The van der Waals surface area contributed by atoms with E-state index in [1.165, 1.54) is 36.0 Å². The standard InChI is InChI=1S/C21H26O2/c22-21(23)13-9-4-2-1-3-6-10-18-14-16-20(17-15-18)19-11-7-5-8-12-19/h5,7-8,11-12,14-17H,1-4,6,9-10,13H2,(H,22,23). The number of carboxylic acid groups (broad SMARTS) is 1. The first-order valence-electron chi connectivity index (χ1n) is 8.62. The highest BCUT2D eigenvalue weighted by atomic mass is 16.4. The van der Waals surface area contributed by atoms with Gasteiger partial charge < -0.3 is 5.11 Å². The molecule has 0 fully saturated rings. The molecule has 1 N–H and O–H groups in total.